The number of aliphatic carboxylic acids is 2. The standard InChI is InChI=1S/C56H101N17O16/c1-27(2)20-32(58)46(79)66-34(15-13-19-63-56(61)62)49(82)68-36(21-28(3)4)51(84)71-39(24-41(59)74)47(80)64-26-43(76)65-33(14-11-12-18-57)48(81)67-35(16-17-44(77)78)50(83)69-37(22-29(5)6)52(85)72-40(25-42(60)75)53(86)70-38(23-30(7)8)54(87)73-45(31(9)10)55(88)89/h27-40,45H,11-26,57-58H2,1-10H3,(H2,59,74)(H2,60,75)(H,64,80)(H,65,76)(H,66,79)(H,67,81)(H,68,82)(H,69,83)(H,70,86)(H,71,84)(H,72,85)(H,73,87)(H,77,78)(H,88,89)(H4,61,62,63)/t32-,33-,34-,35-,36-,37-,38-,39-,40-,45-/m0/s1. The smallest absolute Gasteiger partial charge is 0.326 e. The number of hydrogen-bond donors (Lipinski definition) is 18. The fourth-order valence-corrected chi connectivity index (χ4v) is 8.83. The summed E-state index contributed by atoms with van der Waals surface area (Å²) in [5.74, 6) is -15.9. The third-order valence-corrected chi connectivity index (χ3v) is 13.3. The lowest BCUT2D eigenvalue weighted by Gasteiger charge is -2.28. The van der Waals surface area contributed by atoms with Crippen molar-refractivity contribution in [3.8, 4) is 0 Å². The van der Waals surface area contributed by atoms with E-state index in [1.54, 1.807) is 55.4 Å². The van der Waals surface area contributed by atoms with Gasteiger partial charge in [0.25, 0.3) is 0 Å². The van der Waals surface area contributed by atoms with Crippen LogP contribution in [0.1, 0.15) is 153 Å². The predicted molar refractivity (Wildman–Crippen MR) is 326 cm³/mol. The van der Waals surface area contributed by atoms with Gasteiger partial charge in [-0.2, -0.15) is 0 Å². The first kappa shape index (κ1) is 80.8. The van der Waals surface area contributed by atoms with E-state index in [0.29, 0.717) is 12.8 Å². The summed E-state index contributed by atoms with van der Waals surface area (Å²) in [6, 6.07) is -14.4. The number of amides is 12. The first-order chi connectivity index (χ1) is 41.4. The van der Waals surface area contributed by atoms with Gasteiger partial charge < -0.3 is 97.8 Å². The molecule has 0 heterocycles. The molecule has 89 heavy (non-hydrogen) atoms. The Balaban J connectivity index is 6.71. The Morgan fingerprint density at radius 3 is 1.17 bits per heavy atom. The molecule has 10 atom stereocenters. The summed E-state index contributed by atoms with van der Waals surface area (Å²) in [6.07, 6.45) is -2.02. The molecule has 0 rings (SSSR count). The van der Waals surface area contributed by atoms with Crippen LogP contribution in [0, 0.1) is 29.6 Å². The molecule has 0 spiro atoms. The third-order valence-electron chi connectivity index (χ3n) is 13.3. The van der Waals surface area contributed by atoms with Crippen molar-refractivity contribution in [1.82, 2.24) is 53.2 Å². The number of carboxylic acid groups (broad SMARTS) is 2. The molecule has 0 unspecified atom stereocenters. The number of rotatable bonds is 45. The minimum absolute atomic E-state index is 0.00130. The zero-order valence-electron chi connectivity index (χ0n) is 53.0. The van der Waals surface area contributed by atoms with Crippen LogP contribution in [-0.2, 0) is 67.1 Å². The van der Waals surface area contributed by atoms with E-state index >= 15 is 0 Å². The van der Waals surface area contributed by atoms with E-state index in [9.17, 15) is 77.3 Å². The van der Waals surface area contributed by atoms with Crippen LogP contribution in [0.3, 0.4) is 0 Å². The number of guanidine groups is 1. The molecule has 12 amide bonds. The van der Waals surface area contributed by atoms with Crippen molar-refractivity contribution in [2.75, 3.05) is 19.6 Å². The van der Waals surface area contributed by atoms with E-state index in [1.165, 1.54) is 0 Å². The normalized spacial score (nSPS) is 14.6. The molecule has 24 N–H and O–H groups in total. The molecule has 0 fully saturated rings. The summed E-state index contributed by atoms with van der Waals surface area (Å²) in [4.78, 5) is 190. The Hall–Kier alpha value is -8.23. The molecule has 33 nitrogen and oxygen atoms in total. The Labute approximate surface area is 519 Å². The minimum atomic E-state index is -1.74. The minimum Gasteiger partial charge on any atom is -0.481 e. The molecule has 0 aliphatic carbocycles. The molecule has 0 aromatic carbocycles. The fourth-order valence-electron chi connectivity index (χ4n) is 8.83. The maximum Gasteiger partial charge on any atom is 0.326 e. The van der Waals surface area contributed by atoms with Crippen molar-refractivity contribution in [1.29, 1.82) is 0 Å². The molecule has 0 aliphatic heterocycles. The third kappa shape index (κ3) is 34.8. The molecule has 33 heteroatoms. The van der Waals surface area contributed by atoms with Gasteiger partial charge in [0.05, 0.1) is 25.4 Å². The van der Waals surface area contributed by atoms with Gasteiger partial charge in [-0.15, -0.1) is 0 Å². The number of carbonyl (C=O) groups excluding carboxylic acids is 12. The van der Waals surface area contributed by atoms with Crippen LogP contribution < -0.4 is 87.6 Å². The summed E-state index contributed by atoms with van der Waals surface area (Å²) < 4.78 is 0. The average Bonchev–Trinajstić information content (AvgIpc) is 3.34. The zero-order valence-corrected chi connectivity index (χ0v) is 53.0. The van der Waals surface area contributed by atoms with Gasteiger partial charge in [0.1, 0.15) is 54.4 Å². The molecular formula is C56H101N17O16. The number of nitrogens with one attached hydrogen (secondary N) is 10. The van der Waals surface area contributed by atoms with Crippen LogP contribution >= 0.6 is 0 Å². The summed E-state index contributed by atoms with van der Waals surface area (Å²) in [5.41, 5.74) is 33.6. The highest BCUT2D eigenvalue weighted by Gasteiger charge is 2.37. The zero-order chi connectivity index (χ0) is 68.4. The van der Waals surface area contributed by atoms with Crippen LogP contribution in [0.25, 0.3) is 0 Å². The lowest BCUT2D eigenvalue weighted by Crippen LogP contribution is -2.60. The van der Waals surface area contributed by atoms with Gasteiger partial charge in [-0.1, -0.05) is 69.2 Å². The number of nitrogens with zero attached hydrogens (tertiary/aromatic N) is 1. The van der Waals surface area contributed by atoms with Crippen molar-refractivity contribution in [2.24, 2.45) is 69.0 Å². The van der Waals surface area contributed by atoms with E-state index in [1.807, 2.05) is 13.8 Å². The van der Waals surface area contributed by atoms with Crippen molar-refractivity contribution in [2.45, 2.75) is 213 Å². The summed E-state index contributed by atoms with van der Waals surface area (Å²) in [5, 5.41) is 43.8. The van der Waals surface area contributed by atoms with Gasteiger partial charge >= 0.3 is 11.9 Å². The Kier molecular flexibility index (Phi) is 38.0. The number of carboxylic acids is 2. The van der Waals surface area contributed by atoms with Crippen molar-refractivity contribution >= 4 is 88.8 Å². The molecule has 0 aromatic rings. The molecule has 0 bridgehead atoms. The number of carbonyl (C=O) groups is 14. The molecule has 0 saturated carbocycles. The SMILES string of the molecule is CC(C)C[C@H](NC(=O)[C@H](CCC(=O)O)NC(=O)[C@H](CCCCN)NC(=O)CNC(=O)[C@H](CC(N)=O)NC(=O)[C@H](CC(C)C)NC(=O)[C@H](CCCN=C(N)N)NC(=O)[C@@H](N)CC(C)C)C(=O)N[C@@H](CC(N)=O)C(=O)N[C@@H](CC(C)C)C(=O)N[C@H](C(=O)O)C(C)C. The molecular weight excluding hydrogens is 1170 g/mol. The van der Waals surface area contributed by atoms with Gasteiger partial charge in [0.2, 0.25) is 70.9 Å². The Bertz CT molecular complexity index is 2440. The number of hydrogen-bond acceptors (Lipinski definition) is 17. The highest BCUT2D eigenvalue weighted by Crippen LogP contribution is 2.14. The van der Waals surface area contributed by atoms with E-state index in [0.717, 1.165) is 0 Å². The number of nitrogens with two attached hydrogens (primary N) is 6. The lowest BCUT2D eigenvalue weighted by atomic mass is 9.99. The molecule has 0 aromatic heterocycles. The Morgan fingerprint density at radius 2 is 0.775 bits per heavy atom. The molecule has 0 saturated heterocycles. The van der Waals surface area contributed by atoms with E-state index in [4.69, 9.17) is 34.4 Å². The molecule has 0 aliphatic rings. The monoisotopic (exact) mass is 1270 g/mol. The van der Waals surface area contributed by atoms with E-state index in [2.05, 4.69) is 58.2 Å². The van der Waals surface area contributed by atoms with Gasteiger partial charge in [-0.25, -0.2) is 4.79 Å². The summed E-state index contributed by atoms with van der Waals surface area (Å²) in [7, 11) is 0. The number of unbranched alkanes of at least 4 members (excludes halogenated alkanes) is 1. The fraction of sp³-hybridized carbons (Fsp3) is 0.732. The van der Waals surface area contributed by atoms with Crippen LogP contribution in [0.15, 0.2) is 4.99 Å². The lowest BCUT2D eigenvalue weighted by molar-refractivity contribution is -0.143. The van der Waals surface area contributed by atoms with Crippen LogP contribution in [0.2, 0.25) is 0 Å². The summed E-state index contributed by atoms with van der Waals surface area (Å²) in [6.45, 7) is 16.5. The largest absolute Gasteiger partial charge is 0.481 e. The average molecular weight is 1270 g/mol. The maximum atomic E-state index is 14.1. The second-order valence-electron chi connectivity index (χ2n) is 24.0. The highest BCUT2D eigenvalue weighted by atomic mass is 16.4. The van der Waals surface area contributed by atoms with Crippen LogP contribution in [0.5, 0.6) is 0 Å². The number of aliphatic imine (C=N–C) groups is 1. The van der Waals surface area contributed by atoms with Gasteiger partial charge in [-0.05, 0) is 100 Å². The van der Waals surface area contributed by atoms with Crippen molar-refractivity contribution < 1.29 is 77.3 Å². The molecule has 0 radical (unpaired) electrons. The van der Waals surface area contributed by atoms with Crippen molar-refractivity contribution in [3.05, 3.63) is 0 Å². The summed E-state index contributed by atoms with van der Waals surface area (Å²) >= 11 is 0. The Morgan fingerprint density at radius 1 is 0.416 bits per heavy atom. The van der Waals surface area contributed by atoms with E-state index in [-0.39, 0.29) is 87.7 Å². The maximum absolute atomic E-state index is 14.1. The topological polar surface area (TPSA) is 568 Å². The van der Waals surface area contributed by atoms with Gasteiger partial charge in [0.15, 0.2) is 5.96 Å². The first-order valence-electron chi connectivity index (χ1n) is 29.9. The second-order valence-corrected chi connectivity index (χ2v) is 24.0. The van der Waals surface area contributed by atoms with Crippen molar-refractivity contribution in [3.63, 3.8) is 0 Å². The van der Waals surface area contributed by atoms with Gasteiger partial charge in [-0.3, -0.25) is 67.3 Å². The van der Waals surface area contributed by atoms with E-state index < -0.39 is 181 Å². The molecule has 506 valence electrons. The second kappa shape index (κ2) is 41.8. The first-order valence-corrected chi connectivity index (χ1v) is 29.9. The highest BCUT2D eigenvalue weighted by molar-refractivity contribution is 6.00. The quantitative estimate of drug-likeness (QED) is 0.0155. The van der Waals surface area contributed by atoms with Crippen LogP contribution in [0.4, 0.5) is 0 Å². The predicted octanol–water partition coefficient (Wildman–Crippen LogP) is -4.48. The van der Waals surface area contributed by atoms with Crippen LogP contribution in [-0.4, -0.2) is 179 Å². The van der Waals surface area contributed by atoms with Gasteiger partial charge in [0, 0.05) is 13.0 Å². The number of primary amides is 2.